The van der Waals surface area contributed by atoms with E-state index in [1.54, 1.807) is 12.1 Å². The highest BCUT2D eigenvalue weighted by atomic mass is 19.4. The first-order valence-corrected chi connectivity index (χ1v) is 10.1. The molecule has 0 fully saturated rings. The van der Waals surface area contributed by atoms with Gasteiger partial charge in [-0.3, -0.25) is 5.11 Å². The van der Waals surface area contributed by atoms with Crippen LogP contribution in [0.2, 0.25) is 0 Å². The summed E-state index contributed by atoms with van der Waals surface area (Å²) in [5.41, 5.74) is -3.72. The summed E-state index contributed by atoms with van der Waals surface area (Å²) >= 11 is 0. The van der Waals surface area contributed by atoms with Crippen LogP contribution in [0.4, 0.5) is 35.1 Å². The van der Waals surface area contributed by atoms with Gasteiger partial charge in [0.05, 0.1) is 11.1 Å². The molecule has 0 spiro atoms. The Kier molecular flexibility index (Phi) is 7.09. The maximum Gasteiger partial charge on any atom is 0.432 e. The highest BCUT2D eigenvalue weighted by Crippen LogP contribution is 2.43. The fourth-order valence-corrected chi connectivity index (χ4v) is 3.34. The summed E-state index contributed by atoms with van der Waals surface area (Å²) in [6.45, 7) is 1.98. The summed E-state index contributed by atoms with van der Waals surface area (Å²) in [6.07, 6.45) is -7.39. The minimum atomic E-state index is -5.09. The van der Waals surface area contributed by atoms with Crippen molar-refractivity contribution in [1.82, 2.24) is 0 Å². The fourth-order valence-electron chi connectivity index (χ4n) is 3.34. The van der Waals surface area contributed by atoms with E-state index in [-0.39, 0.29) is 23.8 Å². The Morgan fingerprint density at radius 1 is 0.853 bits per heavy atom. The number of aryl methyl sites for hydroxylation is 1. The predicted octanol–water partition coefficient (Wildman–Crippen LogP) is 8.40. The minimum Gasteiger partial charge on any atom is -0.429 e. The van der Waals surface area contributed by atoms with E-state index >= 15 is 4.39 Å². The minimum absolute atomic E-state index is 0.0183. The summed E-state index contributed by atoms with van der Waals surface area (Å²) in [4.78, 5) is 0. The van der Waals surface area contributed by atoms with Crippen LogP contribution >= 0.6 is 0 Å². The Morgan fingerprint density at radius 2 is 1.50 bits per heavy atom. The van der Waals surface area contributed by atoms with Gasteiger partial charge >= 0.3 is 12.3 Å². The molecule has 3 rings (SSSR count). The second kappa shape index (κ2) is 9.52. The number of rotatable bonds is 7. The molecule has 1 radical (unpaired) electrons. The number of ether oxygens (including phenoxy) is 1. The Morgan fingerprint density at radius 3 is 2.06 bits per heavy atom. The highest BCUT2D eigenvalue weighted by molar-refractivity contribution is 5.72. The molecule has 0 N–H and O–H groups in total. The molecular weight excluding hydrogens is 472 g/mol. The van der Waals surface area contributed by atoms with Gasteiger partial charge in [-0.15, -0.1) is 0 Å². The second-order valence-corrected chi connectivity index (χ2v) is 7.48. The second-order valence-electron chi connectivity index (χ2n) is 7.48. The highest BCUT2D eigenvalue weighted by Gasteiger charge is 2.43. The van der Waals surface area contributed by atoms with Crippen LogP contribution < -0.4 is 4.74 Å². The number of halogens is 8. The van der Waals surface area contributed by atoms with Gasteiger partial charge in [-0.25, -0.2) is 13.2 Å². The maximum absolute atomic E-state index is 15.1. The Hall–Kier alpha value is -3.30. The molecule has 2 nitrogen and oxygen atoms in total. The number of unbranched alkanes of at least 4 members (excludes halogenated alkanes) is 1. The number of alkyl halides is 5. The van der Waals surface area contributed by atoms with Gasteiger partial charge in [0.25, 0.3) is 0 Å². The molecule has 0 aliphatic rings. The van der Waals surface area contributed by atoms with E-state index in [2.05, 4.69) is 4.74 Å². The summed E-state index contributed by atoms with van der Waals surface area (Å²) in [7, 11) is 0. The molecule has 10 heteroatoms. The number of benzene rings is 3. The summed E-state index contributed by atoms with van der Waals surface area (Å²) in [6, 6.07) is 6.52. The molecule has 0 aliphatic heterocycles. The molecule has 3 aromatic rings. The molecule has 0 aromatic heterocycles. The molecule has 3 aromatic carbocycles. The van der Waals surface area contributed by atoms with E-state index in [1.807, 2.05) is 6.92 Å². The van der Waals surface area contributed by atoms with Crippen LogP contribution in [0.25, 0.3) is 11.1 Å². The number of hydrogen-bond donors (Lipinski definition) is 0. The van der Waals surface area contributed by atoms with Gasteiger partial charge in [-0.2, -0.15) is 22.0 Å². The lowest BCUT2D eigenvalue weighted by atomic mass is 9.97. The zero-order valence-corrected chi connectivity index (χ0v) is 17.6. The van der Waals surface area contributed by atoms with Crippen molar-refractivity contribution in [3.05, 3.63) is 82.7 Å². The first-order chi connectivity index (χ1) is 15.8. The van der Waals surface area contributed by atoms with Gasteiger partial charge in [-0.05, 0) is 36.1 Å². The third kappa shape index (κ3) is 5.26. The zero-order chi connectivity index (χ0) is 25.3. The van der Waals surface area contributed by atoms with E-state index in [0.29, 0.717) is 12.5 Å². The molecule has 0 amide bonds. The molecule has 181 valence electrons. The lowest BCUT2D eigenvalue weighted by Crippen LogP contribution is -2.25. The normalized spacial score (nSPS) is 12.1. The van der Waals surface area contributed by atoms with Crippen molar-refractivity contribution in [2.24, 2.45) is 0 Å². The van der Waals surface area contributed by atoms with Gasteiger partial charge in [0.1, 0.15) is 22.9 Å². The lowest BCUT2D eigenvalue weighted by molar-refractivity contribution is -0.189. The van der Waals surface area contributed by atoms with Crippen LogP contribution in [-0.2, 0) is 23.8 Å². The smallest absolute Gasteiger partial charge is 0.429 e. The zero-order valence-electron chi connectivity index (χ0n) is 17.6. The quantitative estimate of drug-likeness (QED) is 0.307. The topological polar surface area (TPSA) is 29.1 Å². The van der Waals surface area contributed by atoms with Gasteiger partial charge in [0.15, 0.2) is 11.6 Å². The van der Waals surface area contributed by atoms with Crippen molar-refractivity contribution < 1.29 is 45.0 Å². The first-order valence-electron chi connectivity index (χ1n) is 10.1. The van der Waals surface area contributed by atoms with E-state index in [4.69, 9.17) is 0 Å². The Bertz CT molecular complexity index is 1170. The molecule has 0 saturated carbocycles. The SMILES string of the molecule is CCCCc1ccc(-c2c([O])cc(F)c(C(F)(F)Oc3ccc(C(F)(F)F)c(F)c3)c2F)cc1. The third-order valence-electron chi connectivity index (χ3n) is 5.03. The molecule has 34 heavy (non-hydrogen) atoms. The summed E-state index contributed by atoms with van der Waals surface area (Å²) < 4.78 is 115. The third-order valence-corrected chi connectivity index (χ3v) is 5.03. The Balaban J connectivity index is 2.00. The molecule has 0 bridgehead atoms. The molecule has 0 atom stereocenters. The maximum atomic E-state index is 15.1. The first kappa shape index (κ1) is 25.3. The van der Waals surface area contributed by atoms with Crippen molar-refractivity contribution in [3.63, 3.8) is 0 Å². The summed E-state index contributed by atoms with van der Waals surface area (Å²) in [5.74, 6) is -8.05. The van der Waals surface area contributed by atoms with Crippen LogP contribution in [0.3, 0.4) is 0 Å². The molecule has 0 saturated heterocycles. The Labute approximate surface area is 189 Å². The van der Waals surface area contributed by atoms with Crippen LogP contribution in [0.1, 0.15) is 36.5 Å². The van der Waals surface area contributed by atoms with Crippen LogP contribution in [-0.4, -0.2) is 0 Å². The van der Waals surface area contributed by atoms with Crippen molar-refractivity contribution in [2.45, 2.75) is 38.5 Å². The van der Waals surface area contributed by atoms with E-state index in [0.717, 1.165) is 18.4 Å². The summed E-state index contributed by atoms with van der Waals surface area (Å²) in [5, 5.41) is 12.2. The van der Waals surface area contributed by atoms with Gasteiger partial charge in [-0.1, -0.05) is 37.6 Å². The standard InChI is InChI=1S/C24H17F8O2/c1-2-3-4-13-5-7-14(8-6-13)20-19(33)12-18(26)21(22(20)27)24(31,32)34-15-9-10-16(17(25)11-15)23(28,29)30/h5-12H,2-4H2,1H3. The van der Waals surface area contributed by atoms with Gasteiger partial charge < -0.3 is 4.74 Å². The van der Waals surface area contributed by atoms with Crippen LogP contribution in [0.5, 0.6) is 11.5 Å². The fraction of sp³-hybridized carbons (Fsp3) is 0.250. The number of hydrogen-bond acceptors (Lipinski definition) is 1. The molecular formula is C24H17F8O2. The van der Waals surface area contributed by atoms with Crippen LogP contribution in [0, 0.1) is 17.5 Å². The molecule has 0 heterocycles. The van der Waals surface area contributed by atoms with Crippen molar-refractivity contribution >= 4 is 0 Å². The van der Waals surface area contributed by atoms with Crippen molar-refractivity contribution in [1.29, 1.82) is 0 Å². The predicted molar refractivity (Wildman–Crippen MR) is 106 cm³/mol. The average Bonchev–Trinajstić information content (AvgIpc) is 2.71. The lowest BCUT2D eigenvalue weighted by Gasteiger charge is -2.21. The monoisotopic (exact) mass is 489 g/mol. The van der Waals surface area contributed by atoms with E-state index in [9.17, 15) is 35.8 Å². The average molecular weight is 489 g/mol. The van der Waals surface area contributed by atoms with E-state index < -0.39 is 57.9 Å². The van der Waals surface area contributed by atoms with Crippen LogP contribution in [0.15, 0.2) is 48.5 Å². The van der Waals surface area contributed by atoms with Crippen molar-refractivity contribution in [3.8, 4) is 22.6 Å². The van der Waals surface area contributed by atoms with Gasteiger partial charge in [0, 0.05) is 12.1 Å². The van der Waals surface area contributed by atoms with E-state index in [1.165, 1.54) is 12.1 Å². The van der Waals surface area contributed by atoms with Gasteiger partial charge in [0.2, 0.25) is 0 Å². The molecule has 0 aliphatic carbocycles. The molecule has 0 unspecified atom stereocenters. The van der Waals surface area contributed by atoms with Crippen molar-refractivity contribution in [2.75, 3.05) is 0 Å². The largest absolute Gasteiger partial charge is 0.432 e.